The van der Waals surface area contributed by atoms with Gasteiger partial charge in [-0.25, -0.2) is 0 Å². The molecule has 3 heterocycles. The van der Waals surface area contributed by atoms with E-state index in [1.54, 1.807) is 10.8 Å². The SMILES string of the molecule is CC(C)Cn1c(O)c(C(=O)NC2CC2)c(=O)n2ncc(/C=C/C3CCOCC3)c12. The maximum atomic E-state index is 13.0. The third-order valence-electron chi connectivity index (χ3n) is 5.41. The molecule has 29 heavy (non-hydrogen) atoms. The summed E-state index contributed by atoms with van der Waals surface area (Å²) in [6, 6.07) is 0.0890. The number of allylic oxidation sites excluding steroid dienone is 1. The molecule has 1 saturated heterocycles. The number of aromatic nitrogens is 3. The van der Waals surface area contributed by atoms with Crippen LogP contribution in [0.15, 0.2) is 17.1 Å². The Morgan fingerprint density at radius 1 is 1.34 bits per heavy atom. The predicted molar refractivity (Wildman–Crippen MR) is 109 cm³/mol. The molecule has 8 heteroatoms. The molecule has 0 unspecified atom stereocenters. The van der Waals surface area contributed by atoms with Crippen LogP contribution in [0.2, 0.25) is 0 Å². The molecule has 2 aliphatic rings. The van der Waals surface area contributed by atoms with Gasteiger partial charge in [-0.2, -0.15) is 9.61 Å². The largest absolute Gasteiger partial charge is 0.494 e. The van der Waals surface area contributed by atoms with Crippen LogP contribution in [0.1, 0.15) is 55.5 Å². The van der Waals surface area contributed by atoms with Gasteiger partial charge >= 0.3 is 0 Å². The summed E-state index contributed by atoms with van der Waals surface area (Å²) in [5, 5.41) is 17.9. The third kappa shape index (κ3) is 4.07. The number of rotatable bonds is 6. The molecule has 2 N–H and O–H groups in total. The minimum Gasteiger partial charge on any atom is -0.494 e. The lowest BCUT2D eigenvalue weighted by Crippen LogP contribution is -2.34. The second-order valence-corrected chi connectivity index (χ2v) is 8.40. The first kappa shape index (κ1) is 19.7. The summed E-state index contributed by atoms with van der Waals surface area (Å²) in [6.07, 6.45) is 9.42. The van der Waals surface area contributed by atoms with E-state index in [0.29, 0.717) is 18.1 Å². The van der Waals surface area contributed by atoms with Crippen LogP contribution in [0.4, 0.5) is 0 Å². The number of nitrogens with one attached hydrogen (secondary N) is 1. The van der Waals surface area contributed by atoms with Crippen LogP contribution in [0.25, 0.3) is 11.7 Å². The van der Waals surface area contributed by atoms with Crippen LogP contribution >= 0.6 is 0 Å². The van der Waals surface area contributed by atoms with Crippen molar-refractivity contribution in [3.8, 4) is 5.88 Å². The Kier molecular flexibility index (Phi) is 5.45. The van der Waals surface area contributed by atoms with E-state index in [0.717, 1.165) is 44.5 Å². The molecule has 2 aromatic rings. The lowest BCUT2D eigenvalue weighted by Gasteiger charge is -2.19. The van der Waals surface area contributed by atoms with E-state index in [2.05, 4.69) is 16.5 Å². The average Bonchev–Trinajstić information content (AvgIpc) is 3.40. The molecule has 1 amide bonds. The Hall–Kier alpha value is -2.61. The van der Waals surface area contributed by atoms with Gasteiger partial charge in [0.15, 0.2) is 5.56 Å². The quantitative estimate of drug-likeness (QED) is 0.775. The van der Waals surface area contributed by atoms with Crippen molar-refractivity contribution in [1.29, 1.82) is 0 Å². The highest BCUT2D eigenvalue weighted by atomic mass is 16.5. The summed E-state index contributed by atoms with van der Waals surface area (Å²) < 4.78 is 8.26. The number of ether oxygens (including phenoxy) is 1. The van der Waals surface area contributed by atoms with Crippen molar-refractivity contribution in [2.45, 2.75) is 52.1 Å². The standard InChI is InChI=1S/C21H28N4O4/c1-13(2)12-24-19-15(4-3-14-7-9-29-10-8-14)11-22-25(19)21(28)17(20(24)27)18(26)23-16-5-6-16/h3-4,11,13-14,16,27H,5-10,12H2,1-2H3,(H,23,26)/b4-3+. The second-order valence-electron chi connectivity index (χ2n) is 8.40. The maximum absolute atomic E-state index is 13.0. The average molecular weight is 400 g/mol. The van der Waals surface area contributed by atoms with Crippen LogP contribution in [-0.4, -0.2) is 44.5 Å². The molecule has 2 aromatic heterocycles. The van der Waals surface area contributed by atoms with Crippen LogP contribution in [0, 0.1) is 11.8 Å². The van der Waals surface area contributed by atoms with Gasteiger partial charge in [0.1, 0.15) is 5.65 Å². The van der Waals surface area contributed by atoms with Gasteiger partial charge in [0.2, 0.25) is 5.88 Å². The van der Waals surface area contributed by atoms with Gasteiger partial charge < -0.3 is 15.2 Å². The van der Waals surface area contributed by atoms with Crippen LogP contribution in [-0.2, 0) is 11.3 Å². The molecule has 8 nitrogen and oxygen atoms in total. The fourth-order valence-corrected chi connectivity index (χ4v) is 3.70. The van der Waals surface area contributed by atoms with E-state index in [1.165, 1.54) is 4.52 Å². The molecule has 2 fully saturated rings. The fourth-order valence-electron chi connectivity index (χ4n) is 3.70. The highest BCUT2D eigenvalue weighted by Gasteiger charge is 2.29. The second kappa shape index (κ2) is 8.02. The minimum atomic E-state index is -0.596. The maximum Gasteiger partial charge on any atom is 0.291 e. The molecule has 0 spiro atoms. The van der Waals surface area contributed by atoms with Crippen molar-refractivity contribution < 1.29 is 14.6 Å². The van der Waals surface area contributed by atoms with E-state index >= 15 is 0 Å². The molecule has 0 atom stereocenters. The van der Waals surface area contributed by atoms with Gasteiger partial charge in [-0.15, -0.1) is 0 Å². The number of hydrogen-bond donors (Lipinski definition) is 2. The van der Waals surface area contributed by atoms with E-state index in [4.69, 9.17) is 4.74 Å². The van der Waals surface area contributed by atoms with Crippen molar-refractivity contribution in [2.24, 2.45) is 11.8 Å². The monoisotopic (exact) mass is 400 g/mol. The highest BCUT2D eigenvalue weighted by Crippen LogP contribution is 2.25. The number of fused-ring (bicyclic) bond motifs is 1. The Balaban J connectivity index is 1.79. The smallest absolute Gasteiger partial charge is 0.291 e. The first-order valence-corrected chi connectivity index (χ1v) is 10.4. The zero-order valence-corrected chi connectivity index (χ0v) is 16.9. The van der Waals surface area contributed by atoms with Crippen molar-refractivity contribution >= 4 is 17.6 Å². The van der Waals surface area contributed by atoms with Crippen LogP contribution in [0.3, 0.4) is 0 Å². The topological polar surface area (TPSA) is 97.9 Å². The molecule has 1 saturated carbocycles. The summed E-state index contributed by atoms with van der Waals surface area (Å²) in [5.74, 6) is -0.213. The number of hydrogen-bond acceptors (Lipinski definition) is 5. The van der Waals surface area contributed by atoms with Crippen molar-refractivity contribution in [3.63, 3.8) is 0 Å². The lowest BCUT2D eigenvalue weighted by molar-refractivity contribution is 0.0787. The van der Waals surface area contributed by atoms with E-state index in [1.807, 2.05) is 19.9 Å². The summed E-state index contributed by atoms with van der Waals surface area (Å²) in [6.45, 7) is 6.01. The van der Waals surface area contributed by atoms with E-state index in [9.17, 15) is 14.7 Å². The Morgan fingerprint density at radius 3 is 2.72 bits per heavy atom. The van der Waals surface area contributed by atoms with Gasteiger partial charge in [-0.3, -0.25) is 14.2 Å². The minimum absolute atomic E-state index is 0.0890. The first-order valence-electron chi connectivity index (χ1n) is 10.4. The molecule has 0 aromatic carbocycles. The Morgan fingerprint density at radius 2 is 2.07 bits per heavy atom. The molecule has 0 radical (unpaired) electrons. The molecular formula is C21H28N4O4. The van der Waals surface area contributed by atoms with Crippen molar-refractivity contribution in [1.82, 2.24) is 19.5 Å². The van der Waals surface area contributed by atoms with Gasteiger partial charge in [-0.05, 0) is 37.5 Å². The van der Waals surface area contributed by atoms with Gasteiger partial charge in [0.25, 0.3) is 11.5 Å². The van der Waals surface area contributed by atoms with Crippen molar-refractivity contribution in [3.05, 3.63) is 33.8 Å². The molecule has 0 bridgehead atoms. The Labute approximate surface area is 169 Å². The number of carbonyl (C=O) groups excluding carboxylic acids is 1. The summed E-state index contributed by atoms with van der Waals surface area (Å²) in [5.41, 5.74) is 0.417. The predicted octanol–water partition coefficient (Wildman–Crippen LogP) is 2.19. The molecule has 1 aliphatic carbocycles. The van der Waals surface area contributed by atoms with Crippen LogP contribution < -0.4 is 10.9 Å². The number of aromatic hydroxyl groups is 1. The van der Waals surface area contributed by atoms with E-state index in [-0.39, 0.29) is 23.4 Å². The fraction of sp³-hybridized carbons (Fsp3) is 0.571. The number of amides is 1. The normalized spacial score (nSPS) is 18.2. The van der Waals surface area contributed by atoms with Gasteiger partial charge in [-0.1, -0.05) is 26.0 Å². The molecule has 1 aliphatic heterocycles. The summed E-state index contributed by atoms with van der Waals surface area (Å²) in [4.78, 5) is 25.6. The van der Waals surface area contributed by atoms with Crippen molar-refractivity contribution in [2.75, 3.05) is 13.2 Å². The number of nitrogens with zero attached hydrogens (tertiary/aromatic N) is 3. The first-order chi connectivity index (χ1) is 14.0. The van der Waals surface area contributed by atoms with Crippen LogP contribution in [0.5, 0.6) is 5.88 Å². The highest BCUT2D eigenvalue weighted by molar-refractivity contribution is 5.96. The zero-order valence-electron chi connectivity index (χ0n) is 16.9. The number of carbonyl (C=O) groups is 1. The summed E-state index contributed by atoms with van der Waals surface area (Å²) >= 11 is 0. The lowest BCUT2D eigenvalue weighted by atomic mass is 9.99. The van der Waals surface area contributed by atoms with Gasteiger partial charge in [0.05, 0.1) is 6.20 Å². The zero-order chi connectivity index (χ0) is 20.5. The third-order valence-corrected chi connectivity index (χ3v) is 5.41. The molecular weight excluding hydrogens is 372 g/mol. The molecule has 4 rings (SSSR count). The Bertz CT molecular complexity index is 994. The van der Waals surface area contributed by atoms with Gasteiger partial charge in [0, 0.05) is 31.4 Å². The van der Waals surface area contributed by atoms with E-state index < -0.39 is 11.5 Å². The molecule has 156 valence electrons. The summed E-state index contributed by atoms with van der Waals surface area (Å²) in [7, 11) is 0.